The smallest absolute Gasteiger partial charge is 0.377 e. The summed E-state index contributed by atoms with van der Waals surface area (Å²) in [6.07, 6.45) is 0.778. The van der Waals surface area contributed by atoms with Crippen LogP contribution in [-0.4, -0.2) is 47.9 Å². The molecule has 0 saturated heterocycles. The summed E-state index contributed by atoms with van der Waals surface area (Å²) < 4.78 is 15.7. The molecule has 0 rings (SSSR count). The van der Waals surface area contributed by atoms with E-state index in [-0.39, 0.29) is 5.91 Å². The molecule has 0 aliphatic rings. The Morgan fingerprint density at radius 3 is 2.20 bits per heavy atom. The minimum absolute atomic E-state index is 0.0190. The molecule has 0 bridgehead atoms. The molecule has 0 fully saturated rings. The minimum Gasteiger partial charge on any atom is -0.377 e. The zero-order valence-electron chi connectivity index (χ0n) is 9.34. The van der Waals surface area contributed by atoms with Gasteiger partial charge in [-0.3, -0.25) is 4.79 Å². The van der Waals surface area contributed by atoms with Gasteiger partial charge in [0, 0.05) is 33.9 Å². The van der Waals surface area contributed by atoms with Crippen LogP contribution in [-0.2, 0) is 18.1 Å². The van der Waals surface area contributed by atoms with Crippen LogP contribution in [0.4, 0.5) is 0 Å². The van der Waals surface area contributed by atoms with Gasteiger partial charge in [-0.2, -0.15) is 0 Å². The van der Waals surface area contributed by atoms with Crippen LogP contribution < -0.4 is 5.32 Å². The van der Waals surface area contributed by atoms with E-state index in [1.54, 1.807) is 21.3 Å². The first-order valence-electron chi connectivity index (χ1n) is 4.62. The van der Waals surface area contributed by atoms with Gasteiger partial charge in [0.1, 0.15) is 0 Å². The van der Waals surface area contributed by atoms with E-state index in [0.717, 1.165) is 6.42 Å². The van der Waals surface area contributed by atoms with Crippen molar-refractivity contribution in [1.82, 2.24) is 5.32 Å². The van der Waals surface area contributed by atoms with Gasteiger partial charge in [0.25, 0.3) is 0 Å². The molecular weight excluding hydrogens is 282 g/mol. The molecule has 0 spiro atoms. The van der Waals surface area contributed by atoms with Crippen LogP contribution in [0.1, 0.15) is 6.42 Å². The van der Waals surface area contributed by atoms with Crippen molar-refractivity contribution in [3.8, 4) is 0 Å². The number of carbonyl (C=O) groups is 1. The Bertz CT molecular complexity index is 181. The van der Waals surface area contributed by atoms with E-state index < -0.39 is 8.80 Å². The molecule has 0 radical (unpaired) electrons. The maximum absolute atomic E-state index is 10.9. The average Bonchev–Trinajstić information content (AvgIpc) is 2.30. The molecule has 0 saturated carbocycles. The lowest BCUT2D eigenvalue weighted by molar-refractivity contribution is -0.118. The predicted octanol–water partition coefficient (Wildman–Crippen LogP) is 0.766. The number of rotatable bonds is 8. The second kappa shape index (κ2) is 8.23. The van der Waals surface area contributed by atoms with E-state index in [1.165, 1.54) is 0 Å². The van der Waals surface area contributed by atoms with Gasteiger partial charge in [0.2, 0.25) is 5.91 Å². The lowest BCUT2D eigenvalue weighted by Gasteiger charge is -2.24. The van der Waals surface area contributed by atoms with Crippen molar-refractivity contribution in [2.24, 2.45) is 0 Å². The van der Waals surface area contributed by atoms with E-state index in [1.807, 2.05) is 0 Å². The molecule has 0 aliphatic carbocycles. The lowest BCUT2D eigenvalue weighted by Crippen LogP contribution is -2.43. The third kappa shape index (κ3) is 5.62. The Labute approximate surface area is 100.0 Å². The molecule has 0 heterocycles. The highest BCUT2D eigenvalue weighted by Crippen LogP contribution is 2.14. The third-order valence-corrected chi connectivity index (χ3v) is 5.38. The summed E-state index contributed by atoms with van der Waals surface area (Å²) in [5.74, 6) is -0.0190. The summed E-state index contributed by atoms with van der Waals surface area (Å²) in [6.45, 7) is 0.606. The first kappa shape index (κ1) is 15.0. The van der Waals surface area contributed by atoms with Crippen LogP contribution in [0.2, 0.25) is 6.04 Å². The standard InChI is InChI=1S/C8H18BrNO4Si/c1-12-15(13-2,14-3)6-4-5-10-8(11)7-9/h4-7H2,1-3H3,(H,10,11). The summed E-state index contributed by atoms with van der Waals surface area (Å²) in [4.78, 5) is 10.9. The SMILES string of the molecule is CO[Si](CCCNC(=O)CBr)(OC)OC. The number of carbonyl (C=O) groups excluding carboxylic acids is 1. The van der Waals surface area contributed by atoms with Gasteiger partial charge in [0.05, 0.1) is 5.33 Å². The fourth-order valence-electron chi connectivity index (χ4n) is 1.14. The van der Waals surface area contributed by atoms with Crippen LogP contribution in [0.3, 0.4) is 0 Å². The van der Waals surface area contributed by atoms with Gasteiger partial charge >= 0.3 is 8.80 Å². The van der Waals surface area contributed by atoms with Crippen molar-refractivity contribution in [2.75, 3.05) is 33.2 Å². The Hall–Kier alpha value is 0.0469. The van der Waals surface area contributed by atoms with Crippen LogP contribution >= 0.6 is 15.9 Å². The molecule has 15 heavy (non-hydrogen) atoms. The van der Waals surface area contributed by atoms with Gasteiger partial charge in [-0.25, -0.2) is 0 Å². The molecule has 0 aromatic rings. The molecule has 90 valence electrons. The number of hydrogen-bond acceptors (Lipinski definition) is 4. The number of alkyl halides is 1. The number of nitrogens with one attached hydrogen (secondary N) is 1. The minimum atomic E-state index is -2.46. The third-order valence-electron chi connectivity index (χ3n) is 2.04. The van der Waals surface area contributed by atoms with Crippen molar-refractivity contribution in [3.63, 3.8) is 0 Å². The molecule has 1 amide bonds. The summed E-state index contributed by atoms with van der Waals surface area (Å²) >= 11 is 3.07. The topological polar surface area (TPSA) is 56.8 Å². The fourth-order valence-corrected chi connectivity index (χ4v) is 3.06. The Morgan fingerprint density at radius 2 is 1.80 bits per heavy atom. The Balaban J connectivity index is 3.76. The first-order chi connectivity index (χ1) is 7.14. The predicted molar refractivity (Wildman–Crippen MR) is 63.0 cm³/mol. The van der Waals surface area contributed by atoms with Crippen LogP contribution in [0.25, 0.3) is 0 Å². The zero-order valence-corrected chi connectivity index (χ0v) is 11.9. The second-order valence-electron chi connectivity index (χ2n) is 2.88. The first-order valence-corrected chi connectivity index (χ1v) is 7.67. The normalized spacial score (nSPS) is 11.5. The van der Waals surface area contributed by atoms with Gasteiger partial charge in [-0.1, -0.05) is 15.9 Å². The Morgan fingerprint density at radius 1 is 1.27 bits per heavy atom. The summed E-state index contributed by atoms with van der Waals surface area (Å²) in [5.41, 5.74) is 0. The highest BCUT2D eigenvalue weighted by molar-refractivity contribution is 9.09. The number of halogens is 1. The average molecular weight is 300 g/mol. The molecule has 7 heteroatoms. The van der Waals surface area contributed by atoms with Gasteiger partial charge in [-0.05, 0) is 6.42 Å². The largest absolute Gasteiger partial charge is 0.500 e. The lowest BCUT2D eigenvalue weighted by atomic mass is 10.5. The number of hydrogen-bond donors (Lipinski definition) is 1. The number of amides is 1. The van der Waals surface area contributed by atoms with Crippen LogP contribution in [0.15, 0.2) is 0 Å². The quantitative estimate of drug-likeness (QED) is 0.409. The van der Waals surface area contributed by atoms with Gasteiger partial charge in [0.15, 0.2) is 0 Å². The molecule has 0 unspecified atom stereocenters. The highest BCUT2D eigenvalue weighted by Gasteiger charge is 2.36. The van der Waals surface area contributed by atoms with Crippen molar-refractivity contribution in [1.29, 1.82) is 0 Å². The molecule has 5 nitrogen and oxygen atoms in total. The van der Waals surface area contributed by atoms with Gasteiger partial charge in [-0.15, -0.1) is 0 Å². The van der Waals surface area contributed by atoms with E-state index in [0.29, 0.717) is 17.9 Å². The van der Waals surface area contributed by atoms with E-state index >= 15 is 0 Å². The van der Waals surface area contributed by atoms with Crippen molar-refractivity contribution >= 4 is 30.6 Å². The zero-order chi connectivity index (χ0) is 11.7. The van der Waals surface area contributed by atoms with Crippen molar-refractivity contribution in [3.05, 3.63) is 0 Å². The monoisotopic (exact) mass is 299 g/mol. The van der Waals surface area contributed by atoms with E-state index in [4.69, 9.17) is 13.3 Å². The molecule has 1 N–H and O–H groups in total. The molecule has 0 aliphatic heterocycles. The molecule has 0 atom stereocenters. The maximum Gasteiger partial charge on any atom is 0.500 e. The van der Waals surface area contributed by atoms with E-state index in [9.17, 15) is 4.79 Å². The molecule has 0 aromatic carbocycles. The molecular formula is C8H18BrNO4Si. The Kier molecular flexibility index (Phi) is 8.25. The van der Waals surface area contributed by atoms with Crippen LogP contribution in [0.5, 0.6) is 0 Å². The summed E-state index contributed by atoms with van der Waals surface area (Å²) in [6, 6.07) is 0.694. The maximum atomic E-state index is 10.9. The summed E-state index contributed by atoms with van der Waals surface area (Å²) in [7, 11) is 2.28. The van der Waals surface area contributed by atoms with Gasteiger partial charge < -0.3 is 18.6 Å². The second-order valence-corrected chi connectivity index (χ2v) is 6.53. The van der Waals surface area contributed by atoms with Crippen molar-refractivity contribution in [2.45, 2.75) is 12.5 Å². The molecule has 0 aromatic heterocycles. The summed E-state index contributed by atoms with van der Waals surface area (Å²) in [5, 5.41) is 3.07. The highest BCUT2D eigenvalue weighted by atomic mass is 79.9. The van der Waals surface area contributed by atoms with Crippen molar-refractivity contribution < 1.29 is 18.1 Å². The van der Waals surface area contributed by atoms with E-state index in [2.05, 4.69) is 21.2 Å². The van der Waals surface area contributed by atoms with Crippen LogP contribution in [0, 0.1) is 0 Å². The fraction of sp³-hybridized carbons (Fsp3) is 0.875.